The topological polar surface area (TPSA) is 24.9 Å². The Hall–Kier alpha value is -0.760. The zero-order valence-corrected chi connectivity index (χ0v) is 9.89. The highest BCUT2D eigenvalue weighted by Crippen LogP contribution is 2.24. The van der Waals surface area contributed by atoms with E-state index in [9.17, 15) is 0 Å². The Morgan fingerprint density at radius 2 is 2.00 bits per heavy atom. The number of rotatable bonds is 3. The number of aromatic nitrogens is 1. The third-order valence-corrected chi connectivity index (χ3v) is 2.77. The first-order chi connectivity index (χ1) is 6.52. The summed E-state index contributed by atoms with van der Waals surface area (Å²) in [5.41, 5.74) is 2.09. The number of hydrogen-bond donors (Lipinski definition) is 1. The molecule has 0 aliphatic heterocycles. The number of nitrogens with one attached hydrogen (secondary N) is 1. The van der Waals surface area contributed by atoms with Crippen LogP contribution in [0.1, 0.15) is 26.3 Å². The van der Waals surface area contributed by atoms with E-state index >= 15 is 0 Å². The zero-order valence-electron chi connectivity index (χ0n) is 9.13. The summed E-state index contributed by atoms with van der Waals surface area (Å²) < 4.78 is 0. The minimum absolute atomic E-state index is 0.399. The third kappa shape index (κ3) is 2.61. The van der Waals surface area contributed by atoms with Crippen molar-refractivity contribution in [3.8, 4) is 0 Å². The molecule has 1 aromatic rings. The maximum absolute atomic E-state index is 6.00. The second-order valence-corrected chi connectivity index (χ2v) is 4.33. The van der Waals surface area contributed by atoms with Gasteiger partial charge in [-0.2, -0.15) is 0 Å². The molecule has 2 nitrogen and oxygen atoms in total. The molecule has 1 rings (SSSR count). The quantitative estimate of drug-likeness (QED) is 0.776. The van der Waals surface area contributed by atoms with Crippen LogP contribution in [-0.4, -0.2) is 11.0 Å². The number of anilines is 1. The molecule has 1 aromatic heterocycles. The monoisotopic (exact) mass is 212 g/mol. The molecule has 1 unspecified atom stereocenters. The molecule has 0 spiro atoms. The van der Waals surface area contributed by atoms with Crippen LogP contribution in [-0.2, 0) is 0 Å². The van der Waals surface area contributed by atoms with Crippen LogP contribution in [0.25, 0.3) is 0 Å². The van der Waals surface area contributed by atoms with Crippen molar-refractivity contribution < 1.29 is 0 Å². The lowest BCUT2D eigenvalue weighted by molar-refractivity contribution is 0.559. The van der Waals surface area contributed by atoms with Crippen molar-refractivity contribution in [2.24, 2.45) is 5.92 Å². The van der Waals surface area contributed by atoms with Crippen molar-refractivity contribution in [3.05, 3.63) is 23.0 Å². The van der Waals surface area contributed by atoms with E-state index in [0.717, 1.165) is 11.3 Å². The van der Waals surface area contributed by atoms with Crippen LogP contribution in [0.2, 0.25) is 5.15 Å². The summed E-state index contributed by atoms with van der Waals surface area (Å²) in [5.74, 6) is 0.575. The molecule has 0 saturated carbocycles. The average Bonchev–Trinajstić information content (AvgIpc) is 2.11. The van der Waals surface area contributed by atoms with Crippen LogP contribution in [0, 0.1) is 12.8 Å². The van der Waals surface area contributed by atoms with Crippen LogP contribution >= 0.6 is 11.6 Å². The molecule has 78 valence electrons. The Labute approximate surface area is 90.7 Å². The highest BCUT2D eigenvalue weighted by molar-refractivity contribution is 6.32. The molecule has 0 amide bonds. The van der Waals surface area contributed by atoms with E-state index < -0.39 is 0 Å². The molecule has 0 aromatic carbocycles. The summed E-state index contributed by atoms with van der Waals surface area (Å²) >= 11 is 6.00. The summed E-state index contributed by atoms with van der Waals surface area (Å²) in [7, 11) is 0. The summed E-state index contributed by atoms with van der Waals surface area (Å²) in [5, 5.41) is 3.94. The standard InChI is InChI=1S/C11H17ClN2/c1-7(2)9(4)14-10-8(3)5-6-13-11(10)12/h5-7,9,14H,1-4H3. The maximum atomic E-state index is 6.00. The SMILES string of the molecule is Cc1ccnc(Cl)c1NC(C)C(C)C. The van der Waals surface area contributed by atoms with E-state index in [-0.39, 0.29) is 0 Å². The Bertz CT molecular complexity index is 290. The van der Waals surface area contributed by atoms with Crippen molar-refractivity contribution in [3.63, 3.8) is 0 Å². The van der Waals surface area contributed by atoms with Crippen LogP contribution in [0.15, 0.2) is 12.3 Å². The van der Waals surface area contributed by atoms with Gasteiger partial charge in [-0.05, 0) is 31.4 Å². The second-order valence-electron chi connectivity index (χ2n) is 3.97. The lowest BCUT2D eigenvalue weighted by Crippen LogP contribution is -2.22. The number of aryl methyl sites for hydroxylation is 1. The van der Waals surface area contributed by atoms with Crippen molar-refractivity contribution in [1.29, 1.82) is 0 Å². The fourth-order valence-corrected chi connectivity index (χ4v) is 1.35. The van der Waals surface area contributed by atoms with E-state index in [0.29, 0.717) is 17.1 Å². The molecule has 14 heavy (non-hydrogen) atoms. The van der Waals surface area contributed by atoms with E-state index in [1.807, 2.05) is 13.0 Å². The highest BCUT2D eigenvalue weighted by atomic mass is 35.5. The fraction of sp³-hybridized carbons (Fsp3) is 0.545. The summed E-state index contributed by atoms with van der Waals surface area (Å²) in [4.78, 5) is 4.06. The van der Waals surface area contributed by atoms with Gasteiger partial charge in [0.05, 0.1) is 5.69 Å². The molecule has 0 aliphatic carbocycles. The number of nitrogens with zero attached hydrogens (tertiary/aromatic N) is 1. The predicted octanol–water partition coefficient (Wildman–Crippen LogP) is 3.50. The summed E-state index contributed by atoms with van der Waals surface area (Å²) in [6.45, 7) is 8.53. The third-order valence-electron chi connectivity index (χ3n) is 2.49. The first-order valence-electron chi connectivity index (χ1n) is 4.90. The molecule has 0 fully saturated rings. The molecule has 1 atom stereocenters. The minimum atomic E-state index is 0.399. The molecular weight excluding hydrogens is 196 g/mol. The molecule has 1 heterocycles. The van der Waals surface area contributed by atoms with Crippen LogP contribution in [0.4, 0.5) is 5.69 Å². The molecule has 0 aliphatic rings. The first-order valence-corrected chi connectivity index (χ1v) is 5.27. The Morgan fingerprint density at radius 1 is 1.36 bits per heavy atom. The van der Waals surface area contributed by atoms with E-state index in [1.54, 1.807) is 6.20 Å². The van der Waals surface area contributed by atoms with Gasteiger partial charge in [-0.3, -0.25) is 0 Å². The van der Waals surface area contributed by atoms with Crippen LogP contribution < -0.4 is 5.32 Å². The first kappa shape index (κ1) is 11.3. The Kier molecular flexibility index (Phi) is 3.76. The smallest absolute Gasteiger partial charge is 0.152 e. The van der Waals surface area contributed by atoms with Crippen molar-refractivity contribution >= 4 is 17.3 Å². The number of hydrogen-bond acceptors (Lipinski definition) is 2. The van der Waals surface area contributed by atoms with Crippen molar-refractivity contribution in [2.45, 2.75) is 33.7 Å². The molecule has 0 radical (unpaired) electrons. The van der Waals surface area contributed by atoms with Gasteiger partial charge in [0.15, 0.2) is 5.15 Å². The van der Waals surface area contributed by atoms with Gasteiger partial charge in [0.2, 0.25) is 0 Å². The Balaban J connectivity index is 2.85. The van der Waals surface area contributed by atoms with E-state index in [4.69, 9.17) is 11.6 Å². The lowest BCUT2D eigenvalue weighted by atomic mass is 10.1. The second kappa shape index (κ2) is 4.65. The summed E-state index contributed by atoms with van der Waals surface area (Å²) in [6.07, 6.45) is 1.73. The van der Waals surface area contributed by atoms with Gasteiger partial charge >= 0.3 is 0 Å². The largest absolute Gasteiger partial charge is 0.380 e. The Morgan fingerprint density at radius 3 is 2.50 bits per heavy atom. The van der Waals surface area contributed by atoms with Gasteiger partial charge in [0, 0.05) is 12.2 Å². The van der Waals surface area contributed by atoms with Crippen molar-refractivity contribution in [1.82, 2.24) is 4.98 Å². The highest BCUT2D eigenvalue weighted by Gasteiger charge is 2.10. The van der Waals surface area contributed by atoms with Gasteiger partial charge in [0.25, 0.3) is 0 Å². The number of halogens is 1. The minimum Gasteiger partial charge on any atom is -0.380 e. The van der Waals surface area contributed by atoms with E-state index in [1.165, 1.54) is 0 Å². The van der Waals surface area contributed by atoms with Gasteiger partial charge in [0.1, 0.15) is 0 Å². The molecule has 1 N–H and O–H groups in total. The van der Waals surface area contributed by atoms with Crippen LogP contribution in [0.3, 0.4) is 0 Å². The number of pyridine rings is 1. The normalized spacial score (nSPS) is 13.0. The molecule has 0 bridgehead atoms. The fourth-order valence-electron chi connectivity index (χ4n) is 1.09. The summed E-state index contributed by atoms with van der Waals surface area (Å²) in [6, 6.07) is 2.36. The molecule has 0 saturated heterocycles. The van der Waals surface area contributed by atoms with Gasteiger partial charge in [-0.1, -0.05) is 25.4 Å². The average molecular weight is 213 g/mol. The maximum Gasteiger partial charge on any atom is 0.152 e. The predicted molar refractivity (Wildman–Crippen MR) is 61.9 cm³/mol. The van der Waals surface area contributed by atoms with Gasteiger partial charge in [-0.15, -0.1) is 0 Å². The molecule has 3 heteroatoms. The van der Waals surface area contributed by atoms with Crippen molar-refractivity contribution in [2.75, 3.05) is 5.32 Å². The zero-order chi connectivity index (χ0) is 10.7. The van der Waals surface area contributed by atoms with Gasteiger partial charge in [-0.25, -0.2) is 4.98 Å². The van der Waals surface area contributed by atoms with Crippen LogP contribution in [0.5, 0.6) is 0 Å². The van der Waals surface area contributed by atoms with E-state index in [2.05, 4.69) is 31.1 Å². The molecular formula is C11H17ClN2. The lowest BCUT2D eigenvalue weighted by Gasteiger charge is -2.20. The van der Waals surface area contributed by atoms with Gasteiger partial charge < -0.3 is 5.32 Å².